The zero-order valence-electron chi connectivity index (χ0n) is 25.5. The second-order valence-electron chi connectivity index (χ2n) is 12.2. The highest BCUT2D eigenvalue weighted by Crippen LogP contribution is 2.47. The molecule has 2 aliphatic heterocycles. The maximum Gasteiger partial charge on any atom is 0.318 e. The van der Waals surface area contributed by atoms with Crippen molar-refractivity contribution in [2.75, 3.05) is 61.1 Å². The number of hydrogen-bond acceptors (Lipinski definition) is 8. The number of anilines is 2. The summed E-state index contributed by atoms with van der Waals surface area (Å²) in [5, 5.41) is 2.66. The Morgan fingerprint density at radius 1 is 1.17 bits per heavy atom. The van der Waals surface area contributed by atoms with Gasteiger partial charge < -0.3 is 24.3 Å². The maximum atomic E-state index is 13.8. The van der Waals surface area contributed by atoms with Crippen LogP contribution in [0.4, 0.5) is 15.9 Å². The fraction of sp³-hybridized carbons (Fsp3) is 0.438. The van der Waals surface area contributed by atoms with E-state index in [0.717, 1.165) is 40.6 Å². The van der Waals surface area contributed by atoms with Crippen LogP contribution in [0.5, 0.6) is 6.01 Å². The van der Waals surface area contributed by atoms with Crippen molar-refractivity contribution >= 4 is 63.1 Å². The highest BCUT2D eigenvalue weighted by atomic mass is 35.5. The van der Waals surface area contributed by atoms with E-state index in [2.05, 4.69) is 16.3 Å². The molecule has 0 radical (unpaired) electrons. The zero-order chi connectivity index (χ0) is 31.9. The Hall–Kier alpha value is -3.60. The second-order valence-corrected chi connectivity index (χ2v) is 14.8. The molecule has 2 aromatic carbocycles. The Bertz CT molecular complexity index is 1830. The molecule has 14 heteroatoms. The van der Waals surface area contributed by atoms with Gasteiger partial charge in [0, 0.05) is 54.5 Å². The molecule has 1 aromatic heterocycles. The van der Waals surface area contributed by atoms with Crippen molar-refractivity contribution in [1.29, 1.82) is 0 Å². The minimum atomic E-state index is -3.19. The van der Waals surface area contributed by atoms with Crippen LogP contribution in [0.15, 0.2) is 48.8 Å². The van der Waals surface area contributed by atoms with Gasteiger partial charge in [-0.2, -0.15) is 23.5 Å². The number of nitrogens with zero attached hydrogens (tertiary/aromatic N) is 6. The number of carbonyl (C=O) groups excluding carboxylic acids is 1. The Labute approximate surface area is 280 Å². The lowest BCUT2D eigenvalue weighted by atomic mass is 10.0. The Balaban J connectivity index is 0.00000417. The van der Waals surface area contributed by atoms with Gasteiger partial charge in [0.1, 0.15) is 21.7 Å². The van der Waals surface area contributed by atoms with Gasteiger partial charge in [-0.05, 0) is 36.8 Å². The van der Waals surface area contributed by atoms with Gasteiger partial charge in [0.2, 0.25) is 6.54 Å². The third-order valence-corrected chi connectivity index (χ3v) is 10.3. The summed E-state index contributed by atoms with van der Waals surface area (Å²) in [6, 6.07) is 11.5. The van der Waals surface area contributed by atoms with Crippen molar-refractivity contribution in [1.82, 2.24) is 14.9 Å². The van der Waals surface area contributed by atoms with Crippen molar-refractivity contribution in [3.8, 4) is 6.01 Å². The largest absolute Gasteiger partial charge is 0.463 e. The number of rotatable bonds is 9. The summed E-state index contributed by atoms with van der Waals surface area (Å²) in [4.78, 5) is 31.3. The van der Waals surface area contributed by atoms with Crippen LogP contribution < -0.4 is 14.5 Å². The molecule has 0 N–H and O–H groups in total. The van der Waals surface area contributed by atoms with Gasteiger partial charge in [-0.15, -0.1) is 0 Å². The first-order chi connectivity index (χ1) is 21.5. The van der Waals surface area contributed by atoms with E-state index in [0.29, 0.717) is 36.9 Å². The number of sulfone groups is 1. The molecule has 46 heavy (non-hydrogen) atoms. The Kier molecular flexibility index (Phi) is 9.73. The van der Waals surface area contributed by atoms with Gasteiger partial charge >= 0.3 is 6.01 Å². The molecule has 3 aliphatic rings. The number of carbonyl (C=O) groups is 1. The standard InChI is InChI=1S/C32H34ClFN6O4S.H2S/c1-21(34)30(41)40-15-14-39(17-23(40)16-35-2)29-24-10-13-38(27-9-5-7-22-6-4-8-25(33)28(22)27)18-26(24)36-31(37-29)44-19-32(11-12-32)20-45(3,42)43;/h4-9,23H,1,10-20H2,3H3;1H2/t23-;/m0./s1. The molecule has 1 aliphatic carbocycles. The fourth-order valence-corrected chi connectivity index (χ4v) is 8.24. The summed E-state index contributed by atoms with van der Waals surface area (Å²) in [5.41, 5.74) is 2.27. The average Bonchev–Trinajstić information content (AvgIpc) is 3.76. The highest BCUT2D eigenvalue weighted by Gasteiger charge is 2.46. The minimum absolute atomic E-state index is 0. The second kappa shape index (κ2) is 13.3. The number of aromatic nitrogens is 2. The van der Waals surface area contributed by atoms with Gasteiger partial charge in [-0.1, -0.05) is 42.4 Å². The van der Waals surface area contributed by atoms with Crippen LogP contribution in [0.1, 0.15) is 24.1 Å². The van der Waals surface area contributed by atoms with Gasteiger partial charge in [0.05, 0.1) is 29.6 Å². The van der Waals surface area contributed by atoms with E-state index in [9.17, 15) is 17.6 Å². The lowest BCUT2D eigenvalue weighted by Crippen LogP contribution is -2.57. The van der Waals surface area contributed by atoms with Crippen molar-refractivity contribution in [3.05, 3.63) is 76.5 Å². The van der Waals surface area contributed by atoms with E-state index in [1.807, 2.05) is 41.3 Å². The molecule has 1 atom stereocenters. The average molecular weight is 687 g/mol. The van der Waals surface area contributed by atoms with E-state index < -0.39 is 33.0 Å². The maximum absolute atomic E-state index is 13.8. The number of ether oxygens (including phenoxy) is 1. The van der Waals surface area contributed by atoms with Crippen LogP contribution in [0, 0.1) is 12.0 Å². The van der Waals surface area contributed by atoms with E-state index >= 15 is 0 Å². The van der Waals surface area contributed by atoms with E-state index in [1.54, 1.807) is 0 Å². The molecular formula is C32H36ClFN6O4S2. The number of halogens is 2. The predicted octanol–water partition coefficient (Wildman–Crippen LogP) is 4.58. The summed E-state index contributed by atoms with van der Waals surface area (Å²) in [6.45, 7) is 12.8. The van der Waals surface area contributed by atoms with Gasteiger partial charge in [0.25, 0.3) is 5.91 Å². The molecule has 0 bridgehead atoms. The number of fused-ring (bicyclic) bond motifs is 2. The number of piperazine rings is 1. The lowest BCUT2D eigenvalue weighted by molar-refractivity contribution is -0.131. The van der Waals surface area contributed by atoms with Gasteiger partial charge in [-0.25, -0.2) is 19.4 Å². The van der Waals surface area contributed by atoms with E-state index in [4.69, 9.17) is 32.9 Å². The van der Waals surface area contributed by atoms with Crippen LogP contribution in [-0.2, 0) is 27.6 Å². The van der Waals surface area contributed by atoms with Crippen molar-refractivity contribution < 1.29 is 22.3 Å². The molecule has 244 valence electrons. The quantitative estimate of drug-likeness (QED) is 0.238. The molecule has 2 fully saturated rings. The van der Waals surface area contributed by atoms with Crippen LogP contribution >= 0.6 is 25.1 Å². The number of hydrogen-bond donors (Lipinski definition) is 0. The number of benzene rings is 2. The predicted molar refractivity (Wildman–Crippen MR) is 182 cm³/mol. The molecule has 1 saturated heterocycles. The monoisotopic (exact) mass is 686 g/mol. The van der Waals surface area contributed by atoms with Gasteiger partial charge in [0.15, 0.2) is 5.83 Å². The molecular weight excluding hydrogens is 651 g/mol. The topological polar surface area (TPSA) is 100 Å². The lowest BCUT2D eigenvalue weighted by Gasteiger charge is -2.41. The molecule has 1 saturated carbocycles. The first-order valence-corrected chi connectivity index (χ1v) is 17.3. The summed E-state index contributed by atoms with van der Waals surface area (Å²) in [7, 11) is -3.19. The third kappa shape index (κ3) is 7.04. The molecule has 0 unspecified atom stereocenters. The molecule has 1 amide bonds. The zero-order valence-corrected chi connectivity index (χ0v) is 28.1. The van der Waals surface area contributed by atoms with Crippen molar-refractivity contribution in [3.63, 3.8) is 0 Å². The summed E-state index contributed by atoms with van der Waals surface area (Å²) in [6.07, 6.45) is 3.36. The normalized spacial score (nSPS) is 18.7. The van der Waals surface area contributed by atoms with Crippen molar-refractivity contribution in [2.45, 2.75) is 31.8 Å². The van der Waals surface area contributed by atoms with Crippen molar-refractivity contribution in [2.24, 2.45) is 5.41 Å². The van der Waals surface area contributed by atoms with E-state index in [-0.39, 0.29) is 51.5 Å². The SMILES string of the molecule is S.[C-]#[N+]C[C@H]1CN(c2nc(OCC3(CS(C)(=O)=O)CC3)nc3c2CCN(c2cccc4cccc(Cl)c24)C3)CCN1C(=O)C(=C)F. The molecule has 6 rings (SSSR count). The van der Waals surface area contributed by atoms with E-state index in [1.165, 1.54) is 11.2 Å². The third-order valence-electron chi connectivity index (χ3n) is 8.81. The Morgan fingerprint density at radius 2 is 1.91 bits per heavy atom. The summed E-state index contributed by atoms with van der Waals surface area (Å²) >= 11 is 6.66. The molecule has 3 heterocycles. The van der Waals surface area contributed by atoms with Gasteiger partial charge in [-0.3, -0.25) is 4.79 Å². The highest BCUT2D eigenvalue weighted by molar-refractivity contribution is 7.90. The van der Waals surface area contributed by atoms with Crippen LogP contribution in [0.25, 0.3) is 15.6 Å². The minimum Gasteiger partial charge on any atom is -0.463 e. The van der Waals surface area contributed by atoms with Crippen LogP contribution in [-0.4, -0.2) is 86.6 Å². The molecule has 10 nitrogen and oxygen atoms in total. The summed E-state index contributed by atoms with van der Waals surface area (Å²) in [5.74, 6) is -1.16. The molecule has 3 aromatic rings. The number of amides is 1. The van der Waals surface area contributed by atoms with Crippen LogP contribution in [0.2, 0.25) is 5.02 Å². The fourth-order valence-electron chi connectivity index (χ4n) is 6.47. The smallest absolute Gasteiger partial charge is 0.318 e. The molecule has 0 spiro atoms. The first-order valence-electron chi connectivity index (χ1n) is 14.8. The van der Waals surface area contributed by atoms with Crippen LogP contribution in [0.3, 0.4) is 0 Å². The first kappa shape index (κ1) is 33.8. The Morgan fingerprint density at radius 3 is 2.59 bits per heavy atom. The summed E-state index contributed by atoms with van der Waals surface area (Å²) < 4.78 is 44.1.